The van der Waals surface area contributed by atoms with E-state index in [-0.39, 0.29) is 0 Å². The summed E-state index contributed by atoms with van der Waals surface area (Å²) >= 11 is 0. The second-order valence-electron chi connectivity index (χ2n) is 6.90. The summed E-state index contributed by atoms with van der Waals surface area (Å²) in [5.74, 6) is 0.886. The van der Waals surface area contributed by atoms with Crippen molar-refractivity contribution in [1.82, 2.24) is 5.32 Å². The third-order valence-electron chi connectivity index (χ3n) is 5.29. The molecule has 1 saturated carbocycles. The van der Waals surface area contributed by atoms with Crippen LogP contribution in [0, 0.1) is 5.92 Å². The number of hydrogen-bond acceptors (Lipinski definition) is 3. The van der Waals surface area contributed by atoms with Crippen LogP contribution < -0.4 is 10.2 Å². The Balaban J connectivity index is 1.53. The molecule has 1 aromatic carbocycles. The number of ether oxygens (including phenoxy) is 1. The van der Waals surface area contributed by atoms with Crippen molar-refractivity contribution in [2.24, 2.45) is 5.92 Å². The number of morpholine rings is 1. The molecule has 4 unspecified atom stereocenters. The topological polar surface area (TPSA) is 24.5 Å². The Morgan fingerprint density at radius 3 is 2.40 bits per heavy atom. The van der Waals surface area contributed by atoms with E-state index in [0.29, 0.717) is 17.6 Å². The van der Waals surface area contributed by atoms with Crippen molar-refractivity contribution in [1.29, 1.82) is 0 Å². The standard InChI is InChI=1S/C17H24N2O/c1-12-9-19(10-13(2)20-12)16-5-3-14(4-6-16)17-7-15(17)8-18-11-17/h3-6,12-13,15,18H,7-11H2,1-2H3. The summed E-state index contributed by atoms with van der Waals surface area (Å²) in [4.78, 5) is 2.46. The van der Waals surface area contributed by atoms with Crippen molar-refractivity contribution in [3.05, 3.63) is 29.8 Å². The average Bonchev–Trinajstić information content (AvgIpc) is 3.00. The minimum Gasteiger partial charge on any atom is -0.372 e. The molecule has 0 spiro atoms. The van der Waals surface area contributed by atoms with Crippen LogP contribution in [0.1, 0.15) is 25.8 Å². The van der Waals surface area contributed by atoms with Gasteiger partial charge in [-0.15, -0.1) is 0 Å². The van der Waals surface area contributed by atoms with Gasteiger partial charge in [0, 0.05) is 30.7 Å². The number of hydrogen-bond donors (Lipinski definition) is 1. The zero-order chi connectivity index (χ0) is 13.7. The Kier molecular flexibility index (Phi) is 2.83. The van der Waals surface area contributed by atoms with Crippen molar-refractivity contribution in [3.8, 4) is 0 Å². The molecule has 0 aromatic heterocycles. The molecule has 2 heterocycles. The van der Waals surface area contributed by atoms with Gasteiger partial charge in [0.15, 0.2) is 0 Å². The molecule has 4 atom stereocenters. The molecule has 3 aliphatic rings. The number of nitrogens with zero attached hydrogens (tertiary/aromatic N) is 1. The molecule has 4 rings (SSSR count). The zero-order valence-corrected chi connectivity index (χ0v) is 12.4. The Morgan fingerprint density at radius 1 is 1.15 bits per heavy atom. The van der Waals surface area contributed by atoms with Gasteiger partial charge in [0.05, 0.1) is 12.2 Å². The molecule has 1 aliphatic carbocycles. The molecule has 0 amide bonds. The Bertz CT molecular complexity index is 490. The van der Waals surface area contributed by atoms with Crippen molar-refractivity contribution in [3.63, 3.8) is 0 Å². The molecule has 2 saturated heterocycles. The first-order valence-electron chi connectivity index (χ1n) is 7.89. The van der Waals surface area contributed by atoms with E-state index in [9.17, 15) is 0 Å². The summed E-state index contributed by atoms with van der Waals surface area (Å²) in [6.45, 7) is 8.70. The van der Waals surface area contributed by atoms with Gasteiger partial charge in [0.1, 0.15) is 0 Å². The van der Waals surface area contributed by atoms with Gasteiger partial charge in [-0.05, 0) is 50.4 Å². The van der Waals surface area contributed by atoms with E-state index in [2.05, 4.69) is 48.3 Å². The average molecular weight is 272 g/mol. The van der Waals surface area contributed by atoms with E-state index in [1.54, 1.807) is 0 Å². The highest BCUT2D eigenvalue weighted by Gasteiger charge is 2.57. The molecular formula is C17H24N2O. The number of piperidine rings is 1. The second kappa shape index (κ2) is 4.47. The van der Waals surface area contributed by atoms with Gasteiger partial charge in [0.25, 0.3) is 0 Å². The maximum absolute atomic E-state index is 5.82. The molecule has 0 radical (unpaired) electrons. The van der Waals surface area contributed by atoms with Gasteiger partial charge in [-0.1, -0.05) is 12.1 Å². The molecule has 3 heteroatoms. The lowest BCUT2D eigenvalue weighted by Crippen LogP contribution is -2.45. The highest BCUT2D eigenvalue weighted by Crippen LogP contribution is 2.56. The van der Waals surface area contributed by atoms with Crippen molar-refractivity contribution < 1.29 is 4.74 Å². The van der Waals surface area contributed by atoms with Crippen molar-refractivity contribution in [2.45, 2.75) is 37.9 Å². The molecular weight excluding hydrogens is 248 g/mol. The van der Waals surface area contributed by atoms with Crippen LogP contribution in [0.2, 0.25) is 0 Å². The van der Waals surface area contributed by atoms with Crippen molar-refractivity contribution in [2.75, 3.05) is 31.1 Å². The third-order valence-corrected chi connectivity index (χ3v) is 5.29. The highest BCUT2D eigenvalue weighted by atomic mass is 16.5. The van der Waals surface area contributed by atoms with Crippen LogP contribution in [0.5, 0.6) is 0 Å². The van der Waals surface area contributed by atoms with E-state index < -0.39 is 0 Å². The lowest BCUT2D eigenvalue weighted by molar-refractivity contribution is -0.00521. The summed E-state index contributed by atoms with van der Waals surface area (Å²) in [5, 5.41) is 3.52. The molecule has 1 N–H and O–H groups in total. The first-order chi connectivity index (χ1) is 9.67. The Morgan fingerprint density at radius 2 is 1.85 bits per heavy atom. The lowest BCUT2D eigenvalue weighted by atomic mass is 9.95. The smallest absolute Gasteiger partial charge is 0.0726 e. The predicted molar refractivity (Wildman–Crippen MR) is 81.3 cm³/mol. The van der Waals surface area contributed by atoms with Gasteiger partial charge >= 0.3 is 0 Å². The molecule has 2 aliphatic heterocycles. The predicted octanol–water partition coefficient (Wildman–Crippen LogP) is 2.16. The lowest BCUT2D eigenvalue weighted by Gasteiger charge is -2.37. The largest absolute Gasteiger partial charge is 0.372 e. The quantitative estimate of drug-likeness (QED) is 0.893. The fourth-order valence-corrected chi connectivity index (χ4v) is 4.18. The molecule has 1 aromatic rings. The summed E-state index contributed by atoms with van der Waals surface area (Å²) < 4.78 is 5.82. The molecule has 3 nitrogen and oxygen atoms in total. The normalized spacial score (nSPS) is 39.7. The zero-order valence-electron chi connectivity index (χ0n) is 12.4. The number of anilines is 1. The monoisotopic (exact) mass is 272 g/mol. The van der Waals surface area contributed by atoms with Gasteiger partial charge in [-0.3, -0.25) is 0 Å². The Hall–Kier alpha value is -1.06. The van der Waals surface area contributed by atoms with E-state index in [0.717, 1.165) is 19.0 Å². The fourth-order valence-electron chi connectivity index (χ4n) is 4.18. The van der Waals surface area contributed by atoms with Crippen LogP contribution in [0.15, 0.2) is 24.3 Å². The third kappa shape index (κ3) is 1.95. The van der Waals surface area contributed by atoms with Gasteiger partial charge in [-0.25, -0.2) is 0 Å². The molecule has 108 valence electrons. The fraction of sp³-hybridized carbons (Fsp3) is 0.647. The SMILES string of the molecule is CC1CN(c2ccc(C34CNCC3C4)cc2)CC(C)O1. The van der Waals surface area contributed by atoms with Gasteiger partial charge in [0.2, 0.25) is 0 Å². The maximum atomic E-state index is 5.82. The maximum Gasteiger partial charge on any atom is 0.0726 e. The van der Waals surface area contributed by atoms with Crippen LogP contribution in [-0.2, 0) is 10.2 Å². The van der Waals surface area contributed by atoms with Gasteiger partial charge < -0.3 is 15.0 Å². The number of benzene rings is 1. The summed E-state index contributed by atoms with van der Waals surface area (Å²) in [6.07, 6.45) is 2.03. The van der Waals surface area contributed by atoms with E-state index in [4.69, 9.17) is 4.74 Å². The number of rotatable bonds is 2. The van der Waals surface area contributed by atoms with E-state index in [1.165, 1.54) is 30.8 Å². The second-order valence-corrected chi connectivity index (χ2v) is 6.90. The van der Waals surface area contributed by atoms with Crippen LogP contribution in [0.3, 0.4) is 0 Å². The van der Waals surface area contributed by atoms with Crippen LogP contribution in [0.4, 0.5) is 5.69 Å². The summed E-state index contributed by atoms with van der Waals surface area (Å²) in [5.41, 5.74) is 3.35. The van der Waals surface area contributed by atoms with E-state index >= 15 is 0 Å². The molecule has 0 bridgehead atoms. The van der Waals surface area contributed by atoms with Crippen molar-refractivity contribution >= 4 is 5.69 Å². The molecule has 20 heavy (non-hydrogen) atoms. The number of nitrogens with one attached hydrogen (secondary N) is 1. The first kappa shape index (κ1) is 12.7. The number of fused-ring (bicyclic) bond motifs is 1. The Labute approximate surface area is 121 Å². The first-order valence-corrected chi connectivity index (χ1v) is 7.89. The van der Waals surface area contributed by atoms with Crippen LogP contribution in [-0.4, -0.2) is 38.4 Å². The minimum atomic E-state index is 0.323. The molecule has 3 fully saturated rings. The highest BCUT2D eigenvalue weighted by molar-refractivity contribution is 5.51. The minimum absolute atomic E-state index is 0.323. The van der Waals surface area contributed by atoms with Crippen LogP contribution >= 0.6 is 0 Å². The van der Waals surface area contributed by atoms with E-state index in [1.807, 2.05) is 0 Å². The summed E-state index contributed by atoms with van der Waals surface area (Å²) in [6, 6.07) is 9.32. The summed E-state index contributed by atoms with van der Waals surface area (Å²) in [7, 11) is 0. The van der Waals surface area contributed by atoms with Crippen LogP contribution in [0.25, 0.3) is 0 Å². The van der Waals surface area contributed by atoms with Gasteiger partial charge in [-0.2, -0.15) is 0 Å².